The Morgan fingerprint density at radius 3 is 1.85 bits per heavy atom. The number of aliphatic hydroxyl groups excluding tert-OH is 4. The number of hydrogen-bond donors (Lipinski definition) is 5. The van der Waals surface area contributed by atoms with Crippen molar-refractivity contribution in [2.45, 2.75) is 101 Å². The molecule has 0 aromatic rings. The van der Waals surface area contributed by atoms with E-state index in [0.29, 0.717) is 24.7 Å². The third kappa shape index (κ3) is 10.7. The van der Waals surface area contributed by atoms with Gasteiger partial charge in [0.15, 0.2) is 6.10 Å². The molecular formula is C22H41O10P. The fraction of sp³-hybridized carbons (Fsp3) is 0.955. The van der Waals surface area contributed by atoms with Crippen molar-refractivity contribution < 1.29 is 48.5 Å². The number of esters is 1. The van der Waals surface area contributed by atoms with Crippen LogP contribution in [0.1, 0.15) is 77.0 Å². The zero-order chi connectivity index (χ0) is 24.3. The van der Waals surface area contributed by atoms with Gasteiger partial charge in [0.2, 0.25) is 0 Å². The molecule has 33 heavy (non-hydrogen) atoms. The van der Waals surface area contributed by atoms with Crippen LogP contribution in [0.25, 0.3) is 0 Å². The van der Waals surface area contributed by atoms with Crippen LogP contribution in [0.4, 0.5) is 0 Å². The van der Waals surface area contributed by atoms with E-state index in [1.807, 2.05) is 0 Å². The molecule has 0 aromatic carbocycles. The summed E-state index contributed by atoms with van der Waals surface area (Å²) in [5.41, 5.74) is 0. The predicted octanol–water partition coefficient (Wildman–Crippen LogP) is 2.05. The SMILES string of the molecule is O=C(OCCC1CCCCC1)[C@H](O)[C@@H](O)[C@H](O)[C@H](O)COP(=O)(O)OCCC1CCCCC1. The number of phosphoric acid groups is 1. The van der Waals surface area contributed by atoms with E-state index < -0.39 is 44.8 Å². The molecule has 194 valence electrons. The first-order valence-electron chi connectivity index (χ1n) is 12.2. The number of aliphatic hydroxyl groups is 4. The summed E-state index contributed by atoms with van der Waals surface area (Å²) in [6.07, 6.45) is 4.60. The van der Waals surface area contributed by atoms with E-state index in [2.05, 4.69) is 0 Å². The van der Waals surface area contributed by atoms with Gasteiger partial charge in [-0.3, -0.25) is 9.05 Å². The molecule has 2 aliphatic rings. The maximum absolute atomic E-state index is 12.0. The third-order valence-corrected chi connectivity index (χ3v) is 7.70. The first kappa shape index (κ1) is 28.7. The number of carbonyl (C=O) groups is 1. The van der Waals surface area contributed by atoms with Crippen molar-refractivity contribution in [3.63, 3.8) is 0 Å². The lowest BCUT2D eigenvalue weighted by Gasteiger charge is -2.26. The quantitative estimate of drug-likeness (QED) is 0.178. The summed E-state index contributed by atoms with van der Waals surface area (Å²) in [5.74, 6) is -0.188. The fourth-order valence-corrected chi connectivity index (χ4v) is 5.31. The van der Waals surface area contributed by atoms with Crippen LogP contribution in [0, 0.1) is 11.8 Å². The summed E-state index contributed by atoms with van der Waals surface area (Å²) >= 11 is 0. The van der Waals surface area contributed by atoms with E-state index in [1.54, 1.807) is 0 Å². The highest BCUT2D eigenvalue weighted by Crippen LogP contribution is 2.44. The molecule has 5 atom stereocenters. The average Bonchev–Trinajstić information content (AvgIpc) is 2.82. The van der Waals surface area contributed by atoms with Gasteiger partial charge in [-0.25, -0.2) is 9.36 Å². The van der Waals surface area contributed by atoms with Gasteiger partial charge < -0.3 is 30.1 Å². The number of hydrogen-bond acceptors (Lipinski definition) is 9. The molecule has 5 N–H and O–H groups in total. The molecule has 2 aliphatic carbocycles. The van der Waals surface area contributed by atoms with Crippen molar-refractivity contribution in [2.75, 3.05) is 19.8 Å². The lowest BCUT2D eigenvalue weighted by Crippen LogP contribution is -2.49. The Hall–Kier alpha value is -0.580. The van der Waals surface area contributed by atoms with Crippen LogP contribution in [0.15, 0.2) is 0 Å². The van der Waals surface area contributed by atoms with E-state index >= 15 is 0 Å². The molecule has 0 heterocycles. The van der Waals surface area contributed by atoms with Crippen LogP contribution < -0.4 is 0 Å². The molecule has 0 aliphatic heterocycles. The second-order valence-electron chi connectivity index (χ2n) is 9.34. The molecular weight excluding hydrogens is 455 g/mol. The van der Waals surface area contributed by atoms with Gasteiger partial charge in [0.25, 0.3) is 0 Å². The average molecular weight is 497 g/mol. The van der Waals surface area contributed by atoms with Crippen LogP contribution in [-0.4, -0.2) is 75.5 Å². The molecule has 2 fully saturated rings. The van der Waals surface area contributed by atoms with Crippen molar-refractivity contribution in [3.05, 3.63) is 0 Å². The third-order valence-electron chi connectivity index (χ3n) is 6.72. The summed E-state index contributed by atoms with van der Waals surface area (Å²) in [5, 5.41) is 39.9. The van der Waals surface area contributed by atoms with E-state index in [9.17, 15) is 34.7 Å². The lowest BCUT2D eigenvalue weighted by molar-refractivity contribution is -0.170. The van der Waals surface area contributed by atoms with Gasteiger partial charge in [-0.1, -0.05) is 64.2 Å². The highest BCUT2D eigenvalue weighted by molar-refractivity contribution is 7.47. The van der Waals surface area contributed by atoms with Crippen LogP contribution >= 0.6 is 7.82 Å². The molecule has 0 aromatic heterocycles. The van der Waals surface area contributed by atoms with Crippen molar-refractivity contribution in [3.8, 4) is 0 Å². The van der Waals surface area contributed by atoms with E-state index in [0.717, 1.165) is 51.4 Å². The summed E-state index contributed by atoms with van der Waals surface area (Å²) in [4.78, 5) is 21.7. The number of ether oxygens (including phenoxy) is 1. The minimum atomic E-state index is -4.46. The molecule has 0 bridgehead atoms. The molecule has 2 saturated carbocycles. The van der Waals surface area contributed by atoms with Crippen molar-refractivity contribution in [1.29, 1.82) is 0 Å². The highest BCUT2D eigenvalue weighted by Gasteiger charge is 2.36. The zero-order valence-electron chi connectivity index (χ0n) is 19.3. The van der Waals surface area contributed by atoms with Crippen LogP contribution in [-0.2, 0) is 23.1 Å². The van der Waals surface area contributed by atoms with Crippen LogP contribution in [0.2, 0.25) is 0 Å². The van der Waals surface area contributed by atoms with Crippen molar-refractivity contribution in [2.24, 2.45) is 11.8 Å². The molecule has 0 saturated heterocycles. The summed E-state index contributed by atoms with van der Waals surface area (Å²) in [6.45, 7) is -0.703. The van der Waals surface area contributed by atoms with Crippen molar-refractivity contribution >= 4 is 13.8 Å². The number of phosphoric ester groups is 1. The molecule has 1 unspecified atom stereocenters. The summed E-state index contributed by atoms with van der Waals surface area (Å²) in [7, 11) is -4.46. The Kier molecular flexibility index (Phi) is 12.8. The minimum Gasteiger partial charge on any atom is -0.464 e. The van der Waals surface area contributed by atoms with Gasteiger partial charge in [0.1, 0.15) is 18.3 Å². The topological polar surface area (TPSA) is 163 Å². The second-order valence-corrected chi connectivity index (χ2v) is 10.8. The van der Waals surface area contributed by atoms with Crippen LogP contribution in [0.5, 0.6) is 0 Å². The Morgan fingerprint density at radius 2 is 1.30 bits per heavy atom. The molecule has 10 nitrogen and oxygen atoms in total. The van der Waals surface area contributed by atoms with Gasteiger partial charge >= 0.3 is 13.8 Å². The molecule has 0 spiro atoms. The largest absolute Gasteiger partial charge is 0.472 e. The molecule has 0 amide bonds. The molecule has 0 radical (unpaired) electrons. The number of carbonyl (C=O) groups excluding carboxylic acids is 1. The van der Waals surface area contributed by atoms with Crippen molar-refractivity contribution in [1.82, 2.24) is 0 Å². The Labute approximate surface area is 195 Å². The molecule has 2 rings (SSSR count). The number of rotatable bonds is 14. The second kappa shape index (κ2) is 14.7. The van der Waals surface area contributed by atoms with E-state index in [4.69, 9.17) is 13.8 Å². The fourth-order valence-electron chi connectivity index (χ4n) is 4.56. The van der Waals surface area contributed by atoms with Gasteiger partial charge in [-0.05, 0) is 24.7 Å². The normalized spacial score (nSPS) is 23.9. The zero-order valence-corrected chi connectivity index (χ0v) is 20.2. The first-order valence-corrected chi connectivity index (χ1v) is 13.7. The van der Waals surface area contributed by atoms with E-state index in [1.165, 1.54) is 12.8 Å². The summed E-state index contributed by atoms with van der Waals surface area (Å²) in [6, 6.07) is 0. The van der Waals surface area contributed by atoms with Gasteiger partial charge in [-0.15, -0.1) is 0 Å². The van der Waals surface area contributed by atoms with Gasteiger partial charge in [-0.2, -0.15) is 0 Å². The molecule has 11 heteroatoms. The van der Waals surface area contributed by atoms with Crippen LogP contribution in [0.3, 0.4) is 0 Å². The van der Waals surface area contributed by atoms with E-state index in [-0.39, 0.29) is 13.2 Å². The first-order chi connectivity index (χ1) is 15.7. The standard InChI is InChI=1S/C22H41O10P/c23-18(15-32-33(28,29)31-14-12-17-9-5-2-6-10-17)19(24)20(25)21(26)22(27)30-13-11-16-7-3-1-4-8-16/h16-21,23-26H,1-15H2,(H,28,29)/t18-,19-,20+,21-/m1/s1. The Balaban J connectivity index is 1.65. The maximum Gasteiger partial charge on any atom is 0.472 e. The minimum absolute atomic E-state index is 0.0329. The monoisotopic (exact) mass is 496 g/mol. The highest BCUT2D eigenvalue weighted by atomic mass is 31.2. The summed E-state index contributed by atoms with van der Waals surface area (Å²) < 4.78 is 26.6. The lowest BCUT2D eigenvalue weighted by atomic mass is 9.87. The van der Waals surface area contributed by atoms with Gasteiger partial charge in [0, 0.05) is 0 Å². The Morgan fingerprint density at radius 1 is 0.788 bits per heavy atom. The Bertz CT molecular complexity index is 606. The van der Waals surface area contributed by atoms with Gasteiger partial charge in [0.05, 0.1) is 19.8 Å². The predicted molar refractivity (Wildman–Crippen MR) is 119 cm³/mol. The smallest absolute Gasteiger partial charge is 0.464 e. The maximum atomic E-state index is 12.0.